The van der Waals surface area contributed by atoms with E-state index in [0.29, 0.717) is 10.5 Å². The zero-order chi connectivity index (χ0) is 17.5. The van der Waals surface area contributed by atoms with Crippen LogP contribution in [0.3, 0.4) is 0 Å². The van der Waals surface area contributed by atoms with Gasteiger partial charge < -0.3 is 15.7 Å². The van der Waals surface area contributed by atoms with Crippen molar-refractivity contribution in [2.75, 3.05) is 24.7 Å². The van der Waals surface area contributed by atoms with Crippen LogP contribution in [0.25, 0.3) is 0 Å². The van der Waals surface area contributed by atoms with Gasteiger partial charge in [0.15, 0.2) is 0 Å². The Morgan fingerprint density at radius 2 is 2.08 bits per heavy atom. The minimum atomic E-state index is -0.240. The molecule has 4 nitrogen and oxygen atoms in total. The molecule has 0 heterocycles. The molecule has 1 unspecified atom stereocenters. The molecule has 0 spiro atoms. The second-order valence-electron chi connectivity index (χ2n) is 5.32. The first-order valence-electron chi connectivity index (χ1n) is 7.64. The molecule has 6 heteroatoms. The van der Waals surface area contributed by atoms with Gasteiger partial charge in [-0.15, -0.1) is 11.8 Å². The van der Waals surface area contributed by atoms with Crippen molar-refractivity contribution < 1.29 is 14.3 Å². The highest BCUT2D eigenvalue weighted by Gasteiger charge is 2.10. The summed E-state index contributed by atoms with van der Waals surface area (Å²) in [7, 11) is 0. The number of amides is 1. The van der Waals surface area contributed by atoms with Crippen molar-refractivity contribution in [2.24, 2.45) is 0 Å². The molecule has 0 radical (unpaired) electrons. The van der Waals surface area contributed by atoms with Gasteiger partial charge in [0.2, 0.25) is 0 Å². The van der Waals surface area contributed by atoms with E-state index in [0.717, 1.165) is 11.3 Å². The van der Waals surface area contributed by atoms with Crippen molar-refractivity contribution in [3.63, 3.8) is 0 Å². The highest BCUT2D eigenvalue weighted by atomic mass is 32.2. The maximum absolute atomic E-state index is 13.9. The van der Waals surface area contributed by atoms with Crippen LogP contribution in [0.4, 0.5) is 10.1 Å². The Morgan fingerprint density at radius 1 is 1.29 bits per heavy atom. The number of rotatable bonds is 7. The van der Waals surface area contributed by atoms with E-state index in [-0.39, 0.29) is 30.9 Å². The van der Waals surface area contributed by atoms with E-state index in [4.69, 9.17) is 5.11 Å². The van der Waals surface area contributed by atoms with Gasteiger partial charge in [0, 0.05) is 28.7 Å². The summed E-state index contributed by atoms with van der Waals surface area (Å²) in [5.74, 6) is -0.471. The minimum absolute atomic E-state index is 0.0989. The summed E-state index contributed by atoms with van der Waals surface area (Å²) in [6, 6.07) is 12.2. The summed E-state index contributed by atoms with van der Waals surface area (Å²) in [4.78, 5) is 12.5. The first-order valence-corrected chi connectivity index (χ1v) is 8.86. The maximum Gasteiger partial charge on any atom is 0.251 e. The molecular weight excluding hydrogens is 327 g/mol. The molecular formula is C18H21FN2O2S. The molecule has 0 aliphatic rings. The predicted octanol–water partition coefficient (Wildman–Crippen LogP) is 3.44. The Hall–Kier alpha value is -2.05. The molecule has 0 saturated heterocycles. The Kier molecular flexibility index (Phi) is 6.63. The van der Waals surface area contributed by atoms with E-state index < -0.39 is 0 Å². The molecule has 1 atom stereocenters. The largest absolute Gasteiger partial charge is 0.395 e. The molecule has 2 rings (SSSR count). The van der Waals surface area contributed by atoms with E-state index in [1.54, 1.807) is 24.3 Å². The lowest BCUT2D eigenvalue weighted by Crippen LogP contribution is -2.26. The number of thioether (sulfide) groups is 1. The first kappa shape index (κ1) is 18.3. The molecule has 3 N–H and O–H groups in total. The Balaban J connectivity index is 2.10. The third-order valence-corrected chi connectivity index (χ3v) is 4.35. The van der Waals surface area contributed by atoms with Crippen molar-refractivity contribution in [3.8, 4) is 0 Å². The van der Waals surface area contributed by atoms with Crippen LogP contribution >= 0.6 is 11.8 Å². The summed E-state index contributed by atoms with van der Waals surface area (Å²) >= 11 is 1.37. The molecule has 0 aliphatic heterocycles. The lowest BCUT2D eigenvalue weighted by atomic mass is 10.1. The Labute approximate surface area is 145 Å². The average Bonchev–Trinajstić information content (AvgIpc) is 2.59. The number of carbonyl (C=O) groups is 1. The van der Waals surface area contributed by atoms with E-state index in [1.807, 2.05) is 25.3 Å². The van der Waals surface area contributed by atoms with Gasteiger partial charge in [-0.2, -0.15) is 0 Å². The SMILES string of the molecule is CSc1ccc(C(C)Nc2cccc(C(=O)NCCO)c2)cc1F. The number of halogens is 1. The van der Waals surface area contributed by atoms with Crippen molar-refractivity contribution in [1.29, 1.82) is 0 Å². The summed E-state index contributed by atoms with van der Waals surface area (Å²) in [6.07, 6.45) is 1.84. The van der Waals surface area contributed by atoms with Crippen molar-refractivity contribution in [2.45, 2.75) is 17.9 Å². The normalized spacial score (nSPS) is 11.8. The van der Waals surface area contributed by atoms with Gasteiger partial charge in [0.05, 0.1) is 6.61 Å². The minimum Gasteiger partial charge on any atom is -0.395 e. The number of carbonyl (C=O) groups excluding carboxylic acids is 1. The summed E-state index contributed by atoms with van der Waals surface area (Å²) in [5.41, 5.74) is 2.11. The van der Waals surface area contributed by atoms with E-state index in [2.05, 4.69) is 10.6 Å². The van der Waals surface area contributed by atoms with E-state index in [9.17, 15) is 9.18 Å². The number of aliphatic hydroxyl groups is 1. The fraction of sp³-hybridized carbons (Fsp3) is 0.278. The fourth-order valence-corrected chi connectivity index (χ4v) is 2.77. The number of aliphatic hydroxyl groups excluding tert-OH is 1. The number of benzene rings is 2. The number of nitrogens with one attached hydrogen (secondary N) is 2. The number of anilines is 1. The molecule has 0 fully saturated rings. The number of hydrogen-bond donors (Lipinski definition) is 3. The lowest BCUT2D eigenvalue weighted by molar-refractivity contribution is 0.0945. The molecule has 0 aromatic heterocycles. The topological polar surface area (TPSA) is 61.4 Å². The second kappa shape index (κ2) is 8.70. The standard InChI is InChI=1S/C18H21FN2O2S/c1-12(13-6-7-17(24-2)16(19)11-13)21-15-5-3-4-14(10-15)18(23)20-8-9-22/h3-7,10-12,21-22H,8-9H2,1-2H3,(H,20,23). The molecule has 24 heavy (non-hydrogen) atoms. The van der Waals surface area contributed by atoms with Crippen LogP contribution in [-0.2, 0) is 0 Å². The molecule has 128 valence electrons. The average molecular weight is 348 g/mol. The van der Waals surface area contributed by atoms with Gasteiger partial charge in [0.1, 0.15) is 5.82 Å². The fourth-order valence-electron chi connectivity index (χ4n) is 2.31. The van der Waals surface area contributed by atoms with Gasteiger partial charge >= 0.3 is 0 Å². The van der Waals surface area contributed by atoms with Gasteiger partial charge in [0.25, 0.3) is 5.91 Å². The summed E-state index contributed by atoms with van der Waals surface area (Å²) in [5, 5.41) is 14.6. The zero-order valence-corrected chi connectivity index (χ0v) is 14.5. The molecule has 0 bridgehead atoms. The van der Waals surface area contributed by atoms with Crippen LogP contribution < -0.4 is 10.6 Å². The lowest BCUT2D eigenvalue weighted by Gasteiger charge is -2.17. The summed E-state index contributed by atoms with van der Waals surface area (Å²) in [6.45, 7) is 2.05. The van der Waals surface area contributed by atoms with Crippen LogP contribution in [0.15, 0.2) is 47.4 Å². The van der Waals surface area contributed by atoms with Crippen LogP contribution in [0.5, 0.6) is 0 Å². The quantitative estimate of drug-likeness (QED) is 0.671. The van der Waals surface area contributed by atoms with Gasteiger partial charge in [-0.3, -0.25) is 4.79 Å². The molecule has 0 aliphatic carbocycles. The molecule has 2 aromatic rings. The smallest absolute Gasteiger partial charge is 0.251 e. The van der Waals surface area contributed by atoms with Crippen LogP contribution in [0, 0.1) is 5.82 Å². The maximum atomic E-state index is 13.9. The highest BCUT2D eigenvalue weighted by molar-refractivity contribution is 7.98. The molecule has 0 saturated carbocycles. The zero-order valence-electron chi connectivity index (χ0n) is 13.7. The van der Waals surface area contributed by atoms with Crippen molar-refractivity contribution >= 4 is 23.4 Å². The van der Waals surface area contributed by atoms with E-state index >= 15 is 0 Å². The van der Waals surface area contributed by atoms with Crippen molar-refractivity contribution in [1.82, 2.24) is 5.32 Å². The van der Waals surface area contributed by atoms with E-state index in [1.165, 1.54) is 17.8 Å². The third kappa shape index (κ3) is 4.72. The van der Waals surface area contributed by atoms with Gasteiger partial charge in [-0.1, -0.05) is 12.1 Å². The highest BCUT2D eigenvalue weighted by Crippen LogP contribution is 2.25. The van der Waals surface area contributed by atoms with Crippen LogP contribution in [0.2, 0.25) is 0 Å². The molecule has 1 amide bonds. The monoisotopic (exact) mass is 348 g/mol. The van der Waals surface area contributed by atoms with Crippen molar-refractivity contribution in [3.05, 3.63) is 59.4 Å². The summed E-state index contributed by atoms with van der Waals surface area (Å²) < 4.78 is 13.9. The first-order chi connectivity index (χ1) is 11.5. The Morgan fingerprint density at radius 3 is 2.75 bits per heavy atom. The van der Waals surface area contributed by atoms with Gasteiger partial charge in [-0.25, -0.2) is 4.39 Å². The molecule has 2 aromatic carbocycles. The van der Waals surface area contributed by atoms with Crippen LogP contribution in [-0.4, -0.2) is 30.4 Å². The van der Waals surface area contributed by atoms with Crippen LogP contribution in [0.1, 0.15) is 28.9 Å². The number of hydrogen-bond acceptors (Lipinski definition) is 4. The predicted molar refractivity (Wildman–Crippen MR) is 96.1 cm³/mol. The third-order valence-electron chi connectivity index (χ3n) is 3.58. The second-order valence-corrected chi connectivity index (χ2v) is 6.17. The van der Waals surface area contributed by atoms with Gasteiger partial charge in [-0.05, 0) is 49.1 Å². The Bertz CT molecular complexity index is 709.